The first-order chi connectivity index (χ1) is 9.54. The van der Waals surface area contributed by atoms with Gasteiger partial charge < -0.3 is 10.2 Å². The van der Waals surface area contributed by atoms with Crippen molar-refractivity contribution in [2.75, 3.05) is 20.1 Å². The highest BCUT2D eigenvalue weighted by Crippen LogP contribution is 2.23. The Morgan fingerprint density at radius 3 is 2.50 bits per heavy atom. The molecule has 1 heterocycles. The second-order valence-electron chi connectivity index (χ2n) is 5.66. The van der Waals surface area contributed by atoms with Crippen LogP contribution in [0.1, 0.15) is 25.3 Å². The van der Waals surface area contributed by atoms with Crippen molar-refractivity contribution < 1.29 is 4.79 Å². The third-order valence-corrected chi connectivity index (χ3v) is 4.88. The third kappa shape index (κ3) is 4.53. The number of nitrogens with one attached hydrogen (secondary N) is 1. The summed E-state index contributed by atoms with van der Waals surface area (Å²) in [5.41, 5.74) is 1.25. The SMILES string of the molecule is Cc1ccc(S[C@H](C)C(=O)NC2CCN(C)CC2)cc1. The zero-order chi connectivity index (χ0) is 14.5. The van der Waals surface area contributed by atoms with Gasteiger partial charge in [-0.25, -0.2) is 0 Å². The van der Waals surface area contributed by atoms with Crippen molar-refractivity contribution in [2.45, 2.75) is 42.9 Å². The second-order valence-corrected chi connectivity index (χ2v) is 7.07. The predicted octanol–water partition coefficient (Wildman–Crippen LogP) is 2.69. The van der Waals surface area contributed by atoms with Gasteiger partial charge in [0.05, 0.1) is 5.25 Å². The highest BCUT2D eigenvalue weighted by Gasteiger charge is 2.21. The molecule has 0 bridgehead atoms. The summed E-state index contributed by atoms with van der Waals surface area (Å²) in [6, 6.07) is 8.69. The molecule has 1 aliphatic heterocycles. The van der Waals surface area contributed by atoms with E-state index in [1.807, 2.05) is 6.92 Å². The van der Waals surface area contributed by atoms with Gasteiger partial charge in [0, 0.05) is 10.9 Å². The summed E-state index contributed by atoms with van der Waals surface area (Å²) >= 11 is 1.63. The van der Waals surface area contributed by atoms with Crippen molar-refractivity contribution in [3.63, 3.8) is 0 Å². The first-order valence-corrected chi connectivity index (χ1v) is 8.15. The lowest BCUT2D eigenvalue weighted by molar-refractivity contribution is -0.121. The van der Waals surface area contributed by atoms with Crippen LogP contribution >= 0.6 is 11.8 Å². The Morgan fingerprint density at radius 1 is 1.30 bits per heavy atom. The van der Waals surface area contributed by atoms with E-state index in [4.69, 9.17) is 0 Å². The van der Waals surface area contributed by atoms with Gasteiger partial charge in [0.25, 0.3) is 0 Å². The zero-order valence-electron chi connectivity index (χ0n) is 12.6. The average Bonchev–Trinajstić information content (AvgIpc) is 2.44. The highest BCUT2D eigenvalue weighted by atomic mass is 32.2. The molecule has 1 aliphatic rings. The topological polar surface area (TPSA) is 32.3 Å². The molecule has 0 aliphatic carbocycles. The first kappa shape index (κ1) is 15.4. The van der Waals surface area contributed by atoms with Crippen molar-refractivity contribution in [3.05, 3.63) is 29.8 Å². The Hall–Kier alpha value is -1.00. The first-order valence-electron chi connectivity index (χ1n) is 7.27. The Kier molecular flexibility index (Phi) is 5.49. The summed E-state index contributed by atoms with van der Waals surface area (Å²) in [4.78, 5) is 15.7. The minimum Gasteiger partial charge on any atom is -0.352 e. The molecule has 20 heavy (non-hydrogen) atoms. The van der Waals surface area contributed by atoms with Crippen LogP contribution < -0.4 is 5.32 Å². The molecule has 1 amide bonds. The summed E-state index contributed by atoms with van der Waals surface area (Å²) in [7, 11) is 2.13. The fraction of sp³-hybridized carbons (Fsp3) is 0.562. The number of carbonyl (C=O) groups excluding carboxylic acids is 1. The van der Waals surface area contributed by atoms with Crippen LogP contribution in [0, 0.1) is 6.92 Å². The zero-order valence-corrected chi connectivity index (χ0v) is 13.4. The Balaban J connectivity index is 1.81. The number of amides is 1. The van der Waals surface area contributed by atoms with Gasteiger partial charge in [-0.15, -0.1) is 11.8 Å². The summed E-state index contributed by atoms with van der Waals surface area (Å²) in [6.45, 7) is 6.20. The van der Waals surface area contributed by atoms with Crippen molar-refractivity contribution in [2.24, 2.45) is 0 Å². The monoisotopic (exact) mass is 292 g/mol. The van der Waals surface area contributed by atoms with Crippen molar-refractivity contribution in [1.29, 1.82) is 0 Å². The molecular weight excluding hydrogens is 268 g/mol. The molecule has 0 saturated carbocycles. The largest absolute Gasteiger partial charge is 0.352 e. The number of benzene rings is 1. The van der Waals surface area contributed by atoms with E-state index in [1.165, 1.54) is 5.56 Å². The van der Waals surface area contributed by atoms with Gasteiger partial charge in [0.2, 0.25) is 5.91 Å². The maximum Gasteiger partial charge on any atom is 0.233 e. The number of aryl methyl sites for hydroxylation is 1. The molecule has 110 valence electrons. The number of likely N-dealkylation sites (tertiary alicyclic amines) is 1. The Bertz CT molecular complexity index is 438. The van der Waals surface area contributed by atoms with Gasteiger partial charge in [0.15, 0.2) is 0 Å². The van der Waals surface area contributed by atoms with E-state index < -0.39 is 0 Å². The molecule has 4 heteroatoms. The quantitative estimate of drug-likeness (QED) is 0.866. The van der Waals surface area contributed by atoms with Crippen LogP contribution in [-0.2, 0) is 4.79 Å². The van der Waals surface area contributed by atoms with Crippen molar-refractivity contribution in [3.8, 4) is 0 Å². The van der Waals surface area contributed by atoms with E-state index in [0.717, 1.165) is 30.8 Å². The number of nitrogens with zero attached hydrogens (tertiary/aromatic N) is 1. The lowest BCUT2D eigenvalue weighted by atomic mass is 10.1. The molecule has 3 nitrogen and oxygen atoms in total. The molecule has 1 aromatic rings. The second kappa shape index (κ2) is 7.14. The molecule has 0 aromatic heterocycles. The van der Waals surface area contributed by atoms with Crippen LogP contribution in [-0.4, -0.2) is 42.2 Å². The van der Waals surface area contributed by atoms with E-state index >= 15 is 0 Å². The molecule has 1 fully saturated rings. The molecule has 1 atom stereocenters. The van der Waals surface area contributed by atoms with E-state index in [9.17, 15) is 4.79 Å². The van der Waals surface area contributed by atoms with Crippen LogP contribution in [0.5, 0.6) is 0 Å². The molecule has 1 aromatic carbocycles. The fourth-order valence-electron chi connectivity index (χ4n) is 2.35. The van der Waals surface area contributed by atoms with Crippen molar-refractivity contribution in [1.82, 2.24) is 10.2 Å². The summed E-state index contributed by atoms with van der Waals surface area (Å²) < 4.78 is 0. The maximum atomic E-state index is 12.2. The fourth-order valence-corrected chi connectivity index (χ4v) is 3.22. The minimum atomic E-state index is -0.0441. The molecular formula is C16H24N2OS. The number of hydrogen-bond acceptors (Lipinski definition) is 3. The van der Waals surface area contributed by atoms with E-state index in [2.05, 4.69) is 48.5 Å². The standard InChI is InChI=1S/C16H24N2OS/c1-12-4-6-15(7-5-12)20-13(2)16(19)17-14-8-10-18(3)11-9-14/h4-7,13-14H,8-11H2,1-3H3,(H,17,19)/t13-/m1/s1. The van der Waals surface area contributed by atoms with Gasteiger partial charge in [-0.2, -0.15) is 0 Å². The number of thioether (sulfide) groups is 1. The lowest BCUT2D eigenvalue weighted by Crippen LogP contribution is -2.45. The van der Waals surface area contributed by atoms with E-state index in [1.54, 1.807) is 11.8 Å². The van der Waals surface area contributed by atoms with Gasteiger partial charge in [-0.1, -0.05) is 17.7 Å². The molecule has 2 rings (SSSR count). The van der Waals surface area contributed by atoms with Crippen LogP contribution in [0.4, 0.5) is 0 Å². The molecule has 0 unspecified atom stereocenters. The average molecular weight is 292 g/mol. The maximum absolute atomic E-state index is 12.2. The highest BCUT2D eigenvalue weighted by molar-refractivity contribution is 8.00. The normalized spacial score (nSPS) is 18.8. The van der Waals surface area contributed by atoms with E-state index in [0.29, 0.717) is 6.04 Å². The molecule has 1 saturated heterocycles. The number of piperidine rings is 1. The number of hydrogen-bond donors (Lipinski definition) is 1. The Labute approximate surface area is 126 Å². The van der Waals surface area contributed by atoms with Gasteiger partial charge in [0.1, 0.15) is 0 Å². The van der Waals surface area contributed by atoms with Crippen LogP contribution in [0.15, 0.2) is 29.2 Å². The smallest absolute Gasteiger partial charge is 0.233 e. The third-order valence-electron chi connectivity index (χ3n) is 3.77. The molecule has 0 spiro atoms. The minimum absolute atomic E-state index is 0.0441. The molecule has 0 radical (unpaired) electrons. The van der Waals surface area contributed by atoms with Crippen LogP contribution in [0.3, 0.4) is 0 Å². The number of rotatable bonds is 4. The van der Waals surface area contributed by atoms with Crippen LogP contribution in [0.25, 0.3) is 0 Å². The summed E-state index contributed by atoms with van der Waals surface area (Å²) in [5.74, 6) is 0.158. The summed E-state index contributed by atoms with van der Waals surface area (Å²) in [6.07, 6.45) is 2.12. The van der Waals surface area contributed by atoms with Gasteiger partial charge >= 0.3 is 0 Å². The number of carbonyl (C=O) groups is 1. The predicted molar refractivity (Wildman–Crippen MR) is 85.2 cm³/mol. The molecule has 1 N–H and O–H groups in total. The van der Waals surface area contributed by atoms with Gasteiger partial charge in [-0.3, -0.25) is 4.79 Å². The lowest BCUT2D eigenvalue weighted by Gasteiger charge is -2.30. The van der Waals surface area contributed by atoms with Crippen LogP contribution in [0.2, 0.25) is 0 Å². The van der Waals surface area contributed by atoms with Crippen molar-refractivity contribution >= 4 is 17.7 Å². The van der Waals surface area contributed by atoms with Gasteiger partial charge in [-0.05, 0) is 59.0 Å². The van der Waals surface area contributed by atoms with E-state index in [-0.39, 0.29) is 11.2 Å². The Morgan fingerprint density at radius 2 is 1.90 bits per heavy atom. The summed E-state index contributed by atoms with van der Waals surface area (Å²) in [5, 5.41) is 3.14.